The van der Waals surface area contributed by atoms with Gasteiger partial charge in [-0.1, -0.05) is 0 Å². The quantitative estimate of drug-likeness (QED) is 0.745. The van der Waals surface area contributed by atoms with E-state index in [0.29, 0.717) is 6.04 Å². The van der Waals surface area contributed by atoms with Crippen LogP contribution in [-0.4, -0.2) is 25.2 Å². The molecule has 0 saturated heterocycles. The molecule has 1 unspecified atom stereocenters. The third-order valence-corrected chi connectivity index (χ3v) is 4.03. The summed E-state index contributed by atoms with van der Waals surface area (Å²) in [4.78, 5) is 2.12. The highest BCUT2D eigenvalue weighted by Crippen LogP contribution is 2.25. The van der Waals surface area contributed by atoms with Gasteiger partial charge >= 0.3 is 0 Å². The highest BCUT2D eigenvalue weighted by molar-refractivity contribution is 5.45. The first-order valence-corrected chi connectivity index (χ1v) is 7.68. The number of rotatable bonds is 8. The standard InChI is InChI=1S/C17H24FN3/c1-17(13-19,20-15-7-8-15)11-3-4-12-21(2)16-9-5-14(18)6-10-16/h5-6,9-10,15,20H,3-4,7-8,11-12H2,1-2H3. The molecule has 0 heterocycles. The van der Waals surface area contributed by atoms with Crippen LogP contribution in [0, 0.1) is 17.1 Å². The number of hydrogen-bond donors (Lipinski definition) is 1. The summed E-state index contributed by atoms with van der Waals surface area (Å²) in [6.45, 7) is 2.91. The number of hydrogen-bond acceptors (Lipinski definition) is 3. The minimum absolute atomic E-state index is 0.205. The smallest absolute Gasteiger partial charge is 0.123 e. The van der Waals surface area contributed by atoms with Gasteiger partial charge in [0.1, 0.15) is 11.4 Å². The molecule has 1 aromatic rings. The lowest BCUT2D eigenvalue weighted by Crippen LogP contribution is -2.42. The number of halogens is 1. The Kier molecular flexibility index (Phi) is 5.19. The topological polar surface area (TPSA) is 39.1 Å². The summed E-state index contributed by atoms with van der Waals surface area (Å²) in [7, 11) is 2.01. The maximum atomic E-state index is 12.9. The van der Waals surface area contributed by atoms with E-state index in [2.05, 4.69) is 16.3 Å². The highest BCUT2D eigenvalue weighted by Gasteiger charge is 2.31. The second-order valence-corrected chi connectivity index (χ2v) is 6.22. The molecule has 2 rings (SSSR count). The molecule has 114 valence electrons. The Morgan fingerprint density at radius 3 is 2.57 bits per heavy atom. The summed E-state index contributed by atoms with van der Waals surface area (Å²) in [6.07, 6.45) is 5.30. The molecule has 0 aliphatic heterocycles. The minimum Gasteiger partial charge on any atom is -0.375 e. The van der Waals surface area contributed by atoms with E-state index in [-0.39, 0.29) is 5.82 Å². The Hall–Kier alpha value is -1.60. The molecule has 1 saturated carbocycles. The number of unbranched alkanes of at least 4 members (excludes halogenated alkanes) is 1. The maximum absolute atomic E-state index is 12.9. The van der Waals surface area contributed by atoms with Crippen molar-refractivity contribution in [3.8, 4) is 6.07 Å². The van der Waals surface area contributed by atoms with E-state index in [1.807, 2.05) is 14.0 Å². The van der Waals surface area contributed by atoms with Gasteiger partial charge in [0.05, 0.1) is 6.07 Å². The van der Waals surface area contributed by atoms with Crippen molar-refractivity contribution < 1.29 is 4.39 Å². The van der Waals surface area contributed by atoms with E-state index in [0.717, 1.165) is 31.5 Å². The molecule has 0 spiro atoms. The van der Waals surface area contributed by atoms with Crippen molar-refractivity contribution in [1.29, 1.82) is 5.26 Å². The third kappa shape index (κ3) is 5.02. The second kappa shape index (κ2) is 6.91. The fraction of sp³-hybridized carbons (Fsp3) is 0.588. The van der Waals surface area contributed by atoms with Crippen LogP contribution in [0.2, 0.25) is 0 Å². The van der Waals surface area contributed by atoms with Gasteiger partial charge in [-0.3, -0.25) is 5.32 Å². The molecule has 21 heavy (non-hydrogen) atoms. The summed E-state index contributed by atoms with van der Waals surface area (Å²) >= 11 is 0. The van der Waals surface area contributed by atoms with E-state index in [1.165, 1.54) is 25.0 Å². The monoisotopic (exact) mass is 289 g/mol. The molecule has 1 aliphatic rings. The van der Waals surface area contributed by atoms with Crippen LogP contribution in [0.1, 0.15) is 39.0 Å². The van der Waals surface area contributed by atoms with Crippen molar-refractivity contribution in [3.63, 3.8) is 0 Å². The van der Waals surface area contributed by atoms with Crippen LogP contribution in [0.4, 0.5) is 10.1 Å². The van der Waals surface area contributed by atoms with Crippen molar-refractivity contribution in [2.45, 2.75) is 50.6 Å². The van der Waals surface area contributed by atoms with E-state index in [4.69, 9.17) is 0 Å². The molecule has 1 atom stereocenters. The maximum Gasteiger partial charge on any atom is 0.123 e. The number of nitriles is 1. The number of nitrogens with zero attached hydrogens (tertiary/aromatic N) is 2. The fourth-order valence-corrected chi connectivity index (χ4v) is 2.49. The van der Waals surface area contributed by atoms with Crippen LogP contribution in [0.3, 0.4) is 0 Å². The Bertz CT molecular complexity index is 490. The molecule has 0 radical (unpaired) electrons. The predicted octanol–water partition coefficient (Wildman–Crippen LogP) is 3.47. The molecule has 0 bridgehead atoms. The van der Waals surface area contributed by atoms with Gasteiger partial charge in [-0.15, -0.1) is 0 Å². The average molecular weight is 289 g/mol. The van der Waals surface area contributed by atoms with Crippen molar-refractivity contribution >= 4 is 5.69 Å². The van der Waals surface area contributed by atoms with Crippen LogP contribution >= 0.6 is 0 Å². The van der Waals surface area contributed by atoms with Crippen LogP contribution < -0.4 is 10.2 Å². The Labute approximate surface area is 126 Å². The van der Waals surface area contributed by atoms with Crippen LogP contribution in [0.25, 0.3) is 0 Å². The largest absolute Gasteiger partial charge is 0.375 e. The van der Waals surface area contributed by atoms with Gasteiger partial charge in [-0.25, -0.2) is 4.39 Å². The highest BCUT2D eigenvalue weighted by atomic mass is 19.1. The summed E-state index contributed by atoms with van der Waals surface area (Å²) in [5.74, 6) is -0.205. The molecule has 0 amide bonds. The lowest BCUT2D eigenvalue weighted by Gasteiger charge is -2.24. The predicted molar refractivity (Wildman–Crippen MR) is 83.7 cm³/mol. The molecular formula is C17H24FN3. The van der Waals surface area contributed by atoms with Gasteiger partial charge in [-0.05, 0) is 63.3 Å². The lowest BCUT2D eigenvalue weighted by atomic mass is 9.96. The molecule has 4 heteroatoms. The van der Waals surface area contributed by atoms with Crippen molar-refractivity contribution in [3.05, 3.63) is 30.1 Å². The summed E-state index contributed by atoms with van der Waals surface area (Å²) < 4.78 is 12.9. The number of benzene rings is 1. The zero-order valence-electron chi connectivity index (χ0n) is 12.9. The number of anilines is 1. The van der Waals surface area contributed by atoms with E-state index >= 15 is 0 Å². The van der Waals surface area contributed by atoms with Crippen molar-refractivity contribution in [2.24, 2.45) is 0 Å². The van der Waals surface area contributed by atoms with Crippen LogP contribution in [0.15, 0.2) is 24.3 Å². The van der Waals surface area contributed by atoms with Gasteiger partial charge in [0, 0.05) is 25.3 Å². The number of nitrogens with one attached hydrogen (secondary N) is 1. The molecule has 3 nitrogen and oxygen atoms in total. The van der Waals surface area contributed by atoms with Crippen LogP contribution in [-0.2, 0) is 0 Å². The van der Waals surface area contributed by atoms with Gasteiger partial charge in [0.25, 0.3) is 0 Å². The Morgan fingerprint density at radius 1 is 1.33 bits per heavy atom. The first-order chi connectivity index (χ1) is 10.0. The zero-order valence-corrected chi connectivity index (χ0v) is 12.9. The average Bonchev–Trinajstić information content (AvgIpc) is 3.28. The zero-order chi connectivity index (χ0) is 15.3. The Balaban J connectivity index is 1.71. The fourth-order valence-electron chi connectivity index (χ4n) is 2.49. The lowest BCUT2D eigenvalue weighted by molar-refractivity contribution is 0.399. The minimum atomic E-state index is -0.393. The van der Waals surface area contributed by atoms with Gasteiger partial charge in [0.2, 0.25) is 0 Å². The molecule has 0 aromatic heterocycles. The summed E-state index contributed by atoms with van der Waals surface area (Å²) in [5, 5.41) is 12.7. The first kappa shape index (κ1) is 15.8. The van der Waals surface area contributed by atoms with Crippen molar-refractivity contribution in [2.75, 3.05) is 18.5 Å². The molecule has 1 fully saturated rings. The summed E-state index contributed by atoms with van der Waals surface area (Å²) in [6, 6.07) is 9.52. The van der Waals surface area contributed by atoms with Crippen molar-refractivity contribution in [1.82, 2.24) is 5.32 Å². The van der Waals surface area contributed by atoms with Gasteiger partial charge in [0.15, 0.2) is 0 Å². The van der Waals surface area contributed by atoms with E-state index in [1.54, 1.807) is 12.1 Å². The van der Waals surface area contributed by atoms with Gasteiger partial charge in [-0.2, -0.15) is 5.26 Å². The third-order valence-electron chi connectivity index (χ3n) is 4.03. The molecule has 1 aliphatic carbocycles. The molecule has 1 N–H and O–H groups in total. The normalized spacial score (nSPS) is 17.0. The molecular weight excluding hydrogens is 265 g/mol. The SMILES string of the molecule is CN(CCCCC(C)(C#N)NC1CC1)c1ccc(F)cc1. The van der Waals surface area contributed by atoms with Gasteiger partial charge < -0.3 is 4.90 Å². The second-order valence-electron chi connectivity index (χ2n) is 6.22. The Morgan fingerprint density at radius 2 is 2.00 bits per heavy atom. The van der Waals surface area contributed by atoms with Crippen LogP contribution in [0.5, 0.6) is 0 Å². The van der Waals surface area contributed by atoms with E-state index in [9.17, 15) is 9.65 Å². The summed E-state index contributed by atoms with van der Waals surface area (Å²) in [5.41, 5.74) is 0.630. The van der Waals surface area contributed by atoms with E-state index < -0.39 is 5.54 Å². The molecule has 1 aromatic carbocycles. The first-order valence-electron chi connectivity index (χ1n) is 7.68.